The summed E-state index contributed by atoms with van der Waals surface area (Å²) in [4.78, 5) is 16.2. The topological polar surface area (TPSA) is 98.5 Å². The molecule has 0 aliphatic carbocycles. The first-order chi connectivity index (χ1) is 12.2. The summed E-state index contributed by atoms with van der Waals surface area (Å²) < 4.78 is 1.70. The Balaban J connectivity index is 1.41. The summed E-state index contributed by atoms with van der Waals surface area (Å²) in [7, 11) is 0. The third-order valence-corrected chi connectivity index (χ3v) is 4.42. The molecule has 0 aliphatic heterocycles. The summed E-state index contributed by atoms with van der Waals surface area (Å²) in [6.45, 7) is 3.04. The van der Waals surface area contributed by atoms with Crippen molar-refractivity contribution in [3.63, 3.8) is 0 Å². The molecule has 8 nitrogen and oxygen atoms in total. The highest BCUT2D eigenvalue weighted by Crippen LogP contribution is 2.11. The fourth-order valence-electron chi connectivity index (χ4n) is 2.26. The van der Waals surface area contributed by atoms with E-state index in [1.165, 1.54) is 0 Å². The van der Waals surface area contributed by atoms with Gasteiger partial charge in [-0.05, 0) is 31.9 Å². The molecule has 0 radical (unpaired) electrons. The van der Waals surface area contributed by atoms with Gasteiger partial charge in [0.15, 0.2) is 5.69 Å². The maximum Gasteiger partial charge on any atom is 0.273 e. The molecule has 25 heavy (non-hydrogen) atoms. The Morgan fingerprint density at radius 1 is 1.24 bits per heavy atom. The largest absolute Gasteiger partial charge is 0.345 e. The third kappa shape index (κ3) is 5.15. The van der Waals surface area contributed by atoms with Crippen LogP contribution in [0.3, 0.4) is 0 Å². The Bertz CT molecular complexity index is 815. The first kappa shape index (κ1) is 17.2. The predicted molar refractivity (Wildman–Crippen MR) is 93.0 cm³/mol. The lowest BCUT2D eigenvalue weighted by Crippen LogP contribution is -2.23. The fourth-order valence-corrected chi connectivity index (χ4v) is 3.02. The molecule has 0 fully saturated rings. The number of nitrogens with zero attached hydrogens (tertiary/aromatic N) is 6. The Morgan fingerprint density at radius 3 is 2.92 bits per heavy atom. The summed E-state index contributed by atoms with van der Waals surface area (Å²) in [6, 6.07) is 5.58. The summed E-state index contributed by atoms with van der Waals surface area (Å²) in [5, 5.41) is 20.9. The molecular formula is C16H19N7OS. The molecule has 0 aromatic carbocycles. The molecular weight excluding hydrogens is 338 g/mol. The van der Waals surface area contributed by atoms with Crippen molar-refractivity contribution in [2.75, 3.05) is 0 Å². The molecule has 0 atom stereocenters. The highest BCUT2D eigenvalue weighted by atomic mass is 32.1. The monoisotopic (exact) mass is 357 g/mol. The molecule has 1 amide bonds. The normalized spacial score (nSPS) is 10.8. The molecule has 0 spiro atoms. The van der Waals surface area contributed by atoms with Crippen LogP contribution in [0.5, 0.6) is 0 Å². The highest BCUT2D eigenvalue weighted by molar-refractivity contribution is 7.11. The van der Waals surface area contributed by atoms with Gasteiger partial charge in [-0.25, -0.2) is 0 Å². The number of amides is 1. The molecule has 0 aliphatic rings. The van der Waals surface area contributed by atoms with Crippen molar-refractivity contribution in [1.82, 2.24) is 35.5 Å². The maximum absolute atomic E-state index is 12.1. The van der Waals surface area contributed by atoms with Gasteiger partial charge in [0, 0.05) is 19.2 Å². The lowest BCUT2D eigenvalue weighted by molar-refractivity contribution is 0.0945. The lowest BCUT2D eigenvalue weighted by atomic mass is 10.2. The first-order valence-corrected chi connectivity index (χ1v) is 8.89. The van der Waals surface area contributed by atoms with Crippen molar-refractivity contribution in [3.8, 4) is 0 Å². The van der Waals surface area contributed by atoms with Gasteiger partial charge in [0.05, 0.1) is 18.4 Å². The van der Waals surface area contributed by atoms with Crippen molar-refractivity contribution in [3.05, 3.63) is 52.0 Å². The van der Waals surface area contributed by atoms with Gasteiger partial charge in [0.2, 0.25) is 0 Å². The maximum atomic E-state index is 12.1. The number of rotatable bonds is 8. The molecule has 3 aromatic heterocycles. The van der Waals surface area contributed by atoms with E-state index in [0.717, 1.165) is 41.5 Å². The molecule has 1 N–H and O–H groups in total. The smallest absolute Gasteiger partial charge is 0.273 e. The molecule has 3 rings (SSSR count). The van der Waals surface area contributed by atoms with Gasteiger partial charge in [-0.15, -0.1) is 26.6 Å². The molecule has 0 saturated carbocycles. The fraction of sp³-hybridized carbons (Fsp3) is 0.375. The van der Waals surface area contributed by atoms with E-state index in [1.807, 2.05) is 25.1 Å². The molecule has 3 heterocycles. The number of pyridine rings is 1. The van der Waals surface area contributed by atoms with E-state index >= 15 is 0 Å². The third-order valence-electron chi connectivity index (χ3n) is 3.52. The number of unbranched alkanes of at least 4 members (excludes halogenated alkanes) is 1. The van der Waals surface area contributed by atoms with Crippen molar-refractivity contribution < 1.29 is 4.79 Å². The molecule has 3 aromatic rings. The second-order valence-corrected chi connectivity index (χ2v) is 6.81. The zero-order valence-electron chi connectivity index (χ0n) is 13.9. The van der Waals surface area contributed by atoms with Crippen molar-refractivity contribution in [1.29, 1.82) is 0 Å². The zero-order chi connectivity index (χ0) is 17.5. The molecule has 9 heteroatoms. The molecule has 0 bridgehead atoms. The van der Waals surface area contributed by atoms with E-state index in [2.05, 4.69) is 30.8 Å². The minimum absolute atomic E-state index is 0.249. The van der Waals surface area contributed by atoms with Gasteiger partial charge in [0.1, 0.15) is 10.0 Å². The number of hydrogen-bond donors (Lipinski definition) is 1. The molecule has 0 unspecified atom stereocenters. The number of aromatic nitrogens is 6. The van der Waals surface area contributed by atoms with Gasteiger partial charge < -0.3 is 5.32 Å². The Morgan fingerprint density at radius 2 is 2.16 bits per heavy atom. The van der Waals surface area contributed by atoms with Crippen LogP contribution in [0.1, 0.15) is 39.0 Å². The van der Waals surface area contributed by atoms with Crippen LogP contribution in [0.4, 0.5) is 0 Å². The minimum Gasteiger partial charge on any atom is -0.345 e. The number of carbonyl (C=O) groups is 1. The summed E-state index contributed by atoms with van der Waals surface area (Å²) in [5.74, 6) is -0.249. The number of hydrogen-bond acceptors (Lipinski definition) is 7. The van der Waals surface area contributed by atoms with Gasteiger partial charge in [0.25, 0.3) is 5.91 Å². The minimum atomic E-state index is -0.249. The Hall–Kier alpha value is -2.68. The SMILES string of the molecule is Cc1nnc(CCCCn2cc(C(=O)NCc3ccccn3)nn2)s1. The van der Waals surface area contributed by atoms with Crippen LogP contribution >= 0.6 is 11.3 Å². The zero-order valence-corrected chi connectivity index (χ0v) is 14.7. The van der Waals surface area contributed by atoms with Gasteiger partial charge in [-0.1, -0.05) is 11.3 Å². The number of nitrogens with one attached hydrogen (secondary N) is 1. The van der Waals surface area contributed by atoms with E-state index in [9.17, 15) is 4.79 Å². The van der Waals surface area contributed by atoms with Crippen LogP contribution in [0.25, 0.3) is 0 Å². The predicted octanol–water partition coefficient (Wildman–Crippen LogP) is 1.79. The van der Waals surface area contributed by atoms with E-state index in [-0.39, 0.29) is 5.91 Å². The van der Waals surface area contributed by atoms with Crippen LogP contribution in [-0.2, 0) is 19.5 Å². The molecule has 130 valence electrons. The average Bonchev–Trinajstić information content (AvgIpc) is 3.27. The standard InChI is InChI=1S/C16H19N7OS/c1-12-19-21-15(25-12)7-3-5-9-23-11-14(20-22-23)16(24)18-10-13-6-2-4-8-17-13/h2,4,6,8,11H,3,5,7,9-10H2,1H3,(H,18,24). The van der Waals surface area contributed by atoms with Crippen LogP contribution in [0.2, 0.25) is 0 Å². The Kier molecular flexibility index (Phi) is 5.78. The lowest BCUT2D eigenvalue weighted by Gasteiger charge is -2.01. The summed E-state index contributed by atoms with van der Waals surface area (Å²) in [5.41, 5.74) is 1.12. The first-order valence-electron chi connectivity index (χ1n) is 8.08. The Labute approximate surface area is 149 Å². The van der Waals surface area contributed by atoms with E-state index in [4.69, 9.17) is 0 Å². The van der Waals surface area contributed by atoms with E-state index < -0.39 is 0 Å². The van der Waals surface area contributed by atoms with E-state index in [0.29, 0.717) is 12.2 Å². The van der Waals surface area contributed by atoms with Crippen molar-refractivity contribution in [2.45, 2.75) is 39.3 Å². The number of carbonyl (C=O) groups excluding carboxylic acids is 1. The molecule has 0 saturated heterocycles. The summed E-state index contributed by atoms with van der Waals surface area (Å²) >= 11 is 1.63. The average molecular weight is 357 g/mol. The number of aryl methyl sites for hydroxylation is 3. The van der Waals surface area contributed by atoms with Crippen LogP contribution in [0.15, 0.2) is 30.6 Å². The van der Waals surface area contributed by atoms with E-state index in [1.54, 1.807) is 28.4 Å². The second-order valence-electron chi connectivity index (χ2n) is 5.54. The van der Waals surface area contributed by atoms with Gasteiger partial charge in [-0.2, -0.15) is 0 Å². The second kappa shape index (κ2) is 8.43. The van der Waals surface area contributed by atoms with Crippen LogP contribution in [0, 0.1) is 6.92 Å². The van der Waals surface area contributed by atoms with Gasteiger partial charge >= 0.3 is 0 Å². The quantitative estimate of drug-likeness (QED) is 0.617. The highest BCUT2D eigenvalue weighted by Gasteiger charge is 2.10. The van der Waals surface area contributed by atoms with Crippen molar-refractivity contribution >= 4 is 17.2 Å². The van der Waals surface area contributed by atoms with Crippen LogP contribution < -0.4 is 5.32 Å². The van der Waals surface area contributed by atoms with Gasteiger partial charge in [-0.3, -0.25) is 14.5 Å². The van der Waals surface area contributed by atoms with Crippen LogP contribution in [-0.4, -0.2) is 36.1 Å². The summed E-state index contributed by atoms with van der Waals surface area (Å²) in [6.07, 6.45) is 6.22. The van der Waals surface area contributed by atoms with Crippen molar-refractivity contribution in [2.24, 2.45) is 0 Å².